The van der Waals surface area contributed by atoms with Crippen LogP contribution in [-0.4, -0.2) is 29.4 Å². The molecule has 1 aliphatic rings. The number of aromatic nitrogens is 1. The van der Waals surface area contributed by atoms with Gasteiger partial charge in [-0.25, -0.2) is 13.2 Å². The summed E-state index contributed by atoms with van der Waals surface area (Å²) in [6.07, 6.45) is 0. The number of carbonyl (C=O) groups excluding carboxylic acids is 1. The fourth-order valence-electron chi connectivity index (χ4n) is 3.68. The minimum absolute atomic E-state index is 0.167. The largest absolute Gasteiger partial charge is 0.333 e. The summed E-state index contributed by atoms with van der Waals surface area (Å²) < 4.78 is 41.3. The molecule has 0 saturated carbocycles. The van der Waals surface area contributed by atoms with Crippen molar-refractivity contribution in [3.05, 3.63) is 80.0 Å². The summed E-state index contributed by atoms with van der Waals surface area (Å²) in [5.74, 6) is -3.24. The number of rotatable bonds is 2. The molecule has 2 heterocycles. The zero-order valence-electron chi connectivity index (χ0n) is 15.2. The van der Waals surface area contributed by atoms with Crippen LogP contribution in [0.15, 0.2) is 35.1 Å². The van der Waals surface area contributed by atoms with Gasteiger partial charge in [-0.2, -0.15) is 0 Å². The average Bonchev–Trinajstić information content (AvgIpc) is 2.70. The Morgan fingerprint density at radius 1 is 1.14 bits per heavy atom. The van der Waals surface area contributed by atoms with E-state index >= 15 is 0 Å². The van der Waals surface area contributed by atoms with Gasteiger partial charge >= 0.3 is 0 Å². The Kier molecular flexibility index (Phi) is 4.84. The number of halogens is 4. The molecule has 4 rings (SSSR count). The lowest BCUT2D eigenvalue weighted by Crippen LogP contribution is -2.42. The number of benzene rings is 2. The number of hydrogen-bond acceptors (Lipinski definition) is 3. The van der Waals surface area contributed by atoms with Gasteiger partial charge in [0.2, 0.25) is 0 Å². The third-order valence-corrected chi connectivity index (χ3v) is 5.46. The van der Waals surface area contributed by atoms with E-state index in [1.165, 1.54) is 24.1 Å². The molecule has 5 nitrogen and oxygen atoms in total. The topological polar surface area (TPSA) is 65.2 Å². The van der Waals surface area contributed by atoms with Crippen LogP contribution in [0.2, 0.25) is 5.02 Å². The number of carbonyl (C=O) groups is 1. The van der Waals surface area contributed by atoms with Gasteiger partial charge in [-0.15, -0.1) is 0 Å². The van der Waals surface area contributed by atoms with Crippen molar-refractivity contribution >= 4 is 28.3 Å². The molecule has 0 unspecified atom stereocenters. The standard InChI is InChI=1S/C20H15ClF3N3O2/c1-27(20(29)9-4-13(23)18(21)14(24)5-9)16-8-25-7-15-17(16)11-3-2-10(22)6-12(11)19(28)26-15/h2-6,16,25H,7-8H2,1H3,(H,26,28)/t16-/m0/s1. The molecule has 1 aliphatic heterocycles. The molecule has 150 valence electrons. The molecule has 0 aliphatic carbocycles. The summed E-state index contributed by atoms with van der Waals surface area (Å²) in [6.45, 7) is 0.701. The Morgan fingerprint density at radius 2 is 1.83 bits per heavy atom. The van der Waals surface area contributed by atoms with E-state index in [-0.39, 0.29) is 10.9 Å². The van der Waals surface area contributed by atoms with Crippen LogP contribution in [0, 0.1) is 17.5 Å². The van der Waals surface area contributed by atoms with E-state index in [9.17, 15) is 22.8 Å². The Labute approximate surface area is 168 Å². The molecule has 3 aromatic rings. The van der Waals surface area contributed by atoms with Crippen molar-refractivity contribution in [2.45, 2.75) is 12.6 Å². The molecule has 1 atom stereocenters. The summed E-state index contributed by atoms with van der Waals surface area (Å²) in [4.78, 5) is 29.3. The first kappa shape index (κ1) is 19.5. The number of fused-ring (bicyclic) bond motifs is 3. The third-order valence-electron chi connectivity index (χ3n) is 5.10. The van der Waals surface area contributed by atoms with Crippen molar-refractivity contribution in [2.24, 2.45) is 0 Å². The predicted octanol–water partition coefficient (Wildman–Crippen LogP) is 3.52. The average molecular weight is 422 g/mol. The van der Waals surface area contributed by atoms with Gasteiger partial charge in [0, 0.05) is 37.0 Å². The molecule has 0 radical (unpaired) electrons. The normalized spacial score (nSPS) is 16.0. The molecule has 0 bridgehead atoms. The van der Waals surface area contributed by atoms with Gasteiger partial charge in [0.1, 0.15) is 22.5 Å². The smallest absolute Gasteiger partial charge is 0.256 e. The summed E-state index contributed by atoms with van der Waals surface area (Å²) in [5, 5.41) is 3.11. The molecular weight excluding hydrogens is 407 g/mol. The Hall–Kier alpha value is -2.84. The number of nitrogens with zero attached hydrogens (tertiary/aromatic N) is 1. The van der Waals surface area contributed by atoms with Crippen LogP contribution in [0.25, 0.3) is 10.8 Å². The van der Waals surface area contributed by atoms with Crippen molar-refractivity contribution in [3.63, 3.8) is 0 Å². The monoisotopic (exact) mass is 421 g/mol. The van der Waals surface area contributed by atoms with Crippen LogP contribution in [-0.2, 0) is 6.54 Å². The lowest BCUT2D eigenvalue weighted by Gasteiger charge is -2.34. The Bertz CT molecular complexity index is 1190. The lowest BCUT2D eigenvalue weighted by atomic mass is 9.93. The van der Waals surface area contributed by atoms with Gasteiger partial charge in [0.15, 0.2) is 0 Å². The molecule has 2 aromatic carbocycles. The van der Waals surface area contributed by atoms with Crippen LogP contribution >= 0.6 is 11.6 Å². The zero-order valence-corrected chi connectivity index (χ0v) is 15.9. The maximum Gasteiger partial charge on any atom is 0.256 e. The SMILES string of the molecule is CN(C(=O)c1cc(F)c(Cl)c(F)c1)[C@H]1CNCc2[nH]c(=O)c3cc(F)ccc3c21. The highest BCUT2D eigenvalue weighted by atomic mass is 35.5. The first-order valence-electron chi connectivity index (χ1n) is 8.74. The van der Waals surface area contributed by atoms with E-state index in [1.807, 2.05) is 0 Å². The lowest BCUT2D eigenvalue weighted by molar-refractivity contribution is 0.0722. The molecule has 2 N–H and O–H groups in total. The maximum absolute atomic E-state index is 13.8. The Balaban J connectivity index is 1.82. The highest BCUT2D eigenvalue weighted by Crippen LogP contribution is 2.32. The van der Waals surface area contributed by atoms with E-state index < -0.39 is 40.0 Å². The van der Waals surface area contributed by atoms with Crippen molar-refractivity contribution in [3.8, 4) is 0 Å². The van der Waals surface area contributed by atoms with Crippen molar-refractivity contribution < 1.29 is 18.0 Å². The van der Waals surface area contributed by atoms with E-state index in [1.54, 1.807) is 0 Å². The number of pyridine rings is 1. The van der Waals surface area contributed by atoms with Crippen LogP contribution in [0.3, 0.4) is 0 Å². The molecule has 0 saturated heterocycles. The summed E-state index contributed by atoms with van der Waals surface area (Å²) in [5.41, 5.74) is 0.595. The fraction of sp³-hybridized carbons (Fsp3) is 0.200. The fourth-order valence-corrected chi connectivity index (χ4v) is 3.79. The Morgan fingerprint density at radius 3 is 2.52 bits per heavy atom. The number of H-pyrrole nitrogens is 1. The second-order valence-corrected chi connectivity index (χ2v) is 7.23. The molecular formula is C20H15ClF3N3O2. The number of hydrogen-bond donors (Lipinski definition) is 2. The molecule has 9 heteroatoms. The summed E-state index contributed by atoms with van der Waals surface area (Å²) >= 11 is 5.49. The van der Waals surface area contributed by atoms with Gasteiger partial charge in [-0.1, -0.05) is 17.7 Å². The van der Waals surface area contributed by atoms with Crippen LogP contribution in [0.5, 0.6) is 0 Å². The summed E-state index contributed by atoms with van der Waals surface area (Å²) in [7, 11) is 1.49. The molecule has 0 fully saturated rings. The number of amides is 1. The van der Waals surface area contributed by atoms with Crippen molar-refractivity contribution in [1.82, 2.24) is 15.2 Å². The molecule has 29 heavy (non-hydrogen) atoms. The first-order chi connectivity index (χ1) is 13.8. The first-order valence-corrected chi connectivity index (χ1v) is 9.12. The zero-order chi connectivity index (χ0) is 20.9. The van der Waals surface area contributed by atoms with Crippen LogP contribution in [0.1, 0.15) is 27.7 Å². The molecule has 1 aromatic heterocycles. The summed E-state index contributed by atoms with van der Waals surface area (Å²) in [6, 6.07) is 5.07. The van der Waals surface area contributed by atoms with Crippen molar-refractivity contribution in [2.75, 3.05) is 13.6 Å². The van der Waals surface area contributed by atoms with Gasteiger partial charge in [-0.05, 0) is 29.7 Å². The van der Waals surface area contributed by atoms with Gasteiger partial charge in [0.25, 0.3) is 11.5 Å². The van der Waals surface area contributed by atoms with E-state index in [2.05, 4.69) is 10.3 Å². The minimum Gasteiger partial charge on any atom is -0.333 e. The second-order valence-electron chi connectivity index (χ2n) is 6.85. The maximum atomic E-state index is 13.8. The number of nitrogens with one attached hydrogen (secondary N) is 2. The third kappa shape index (κ3) is 3.28. The van der Waals surface area contributed by atoms with Crippen molar-refractivity contribution in [1.29, 1.82) is 0 Å². The van der Waals surface area contributed by atoms with Crippen LogP contribution in [0.4, 0.5) is 13.2 Å². The highest BCUT2D eigenvalue weighted by molar-refractivity contribution is 6.31. The van der Waals surface area contributed by atoms with Gasteiger partial charge in [-0.3, -0.25) is 9.59 Å². The number of aromatic amines is 1. The van der Waals surface area contributed by atoms with Gasteiger partial charge in [0.05, 0.1) is 11.4 Å². The van der Waals surface area contributed by atoms with E-state index in [0.717, 1.165) is 18.2 Å². The molecule has 1 amide bonds. The van der Waals surface area contributed by atoms with Crippen LogP contribution < -0.4 is 10.9 Å². The highest BCUT2D eigenvalue weighted by Gasteiger charge is 2.30. The predicted molar refractivity (Wildman–Crippen MR) is 102 cm³/mol. The van der Waals surface area contributed by atoms with E-state index in [0.29, 0.717) is 29.7 Å². The van der Waals surface area contributed by atoms with Gasteiger partial charge < -0.3 is 15.2 Å². The number of likely N-dealkylation sites (N-methyl/N-ethyl adjacent to an activating group) is 1. The quantitative estimate of drug-likeness (QED) is 0.622. The molecule has 0 spiro atoms. The second kappa shape index (κ2) is 7.20. The van der Waals surface area contributed by atoms with E-state index in [4.69, 9.17) is 11.6 Å². The minimum atomic E-state index is -1.03.